The van der Waals surface area contributed by atoms with Gasteiger partial charge in [-0.2, -0.15) is 13.2 Å². The molecule has 2 rings (SSSR count). The molecule has 0 bridgehead atoms. The van der Waals surface area contributed by atoms with Gasteiger partial charge in [-0.05, 0) is 62.4 Å². The van der Waals surface area contributed by atoms with Crippen LogP contribution in [0.2, 0.25) is 0 Å². The van der Waals surface area contributed by atoms with Crippen LogP contribution in [0.5, 0.6) is 0 Å². The van der Waals surface area contributed by atoms with Gasteiger partial charge in [-0.1, -0.05) is 0 Å². The molecular formula is C18H20F3N3O. The van der Waals surface area contributed by atoms with Crippen molar-refractivity contribution < 1.29 is 18.0 Å². The molecule has 0 fully saturated rings. The van der Waals surface area contributed by atoms with E-state index in [0.717, 1.165) is 30.9 Å². The molecule has 0 aliphatic rings. The summed E-state index contributed by atoms with van der Waals surface area (Å²) in [7, 11) is 0. The maximum Gasteiger partial charge on any atom is 0.416 e. The van der Waals surface area contributed by atoms with Crippen molar-refractivity contribution in [3.05, 3.63) is 54.1 Å². The van der Waals surface area contributed by atoms with Crippen LogP contribution in [-0.2, 0) is 6.18 Å². The molecule has 0 spiro atoms. The second-order valence-electron chi connectivity index (χ2n) is 5.37. The van der Waals surface area contributed by atoms with E-state index in [-0.39, 0.29) is 5.69 Å². The van der Waals surface area contributed by atoms with E-state index in [0.29, 0.717) is 5.69 Å². The van der Waals surface area contributed by atoms with Crippen molar-refractivity contribution in [3.63, 3.8) is 0 Å². The lowest BCUT2D eigenvalue weighted by molar-refractivity contribution is -0.137. The SMILES string of the molecule is CCN(CC)c1ccc(NC(=O)Nc2ccc(C(F)(F)F)cc2)cc1. The van der Waals surface area contributed by atoms with Gasteiger partial charge in [0, 0.05) is 30.2 Å². The number of nitrogens with zero attached hydrogens (tertiary/aromatic N) is 1. The molecule has 0 aromatic heterocycles. The fourth-order valence-electron chi connectivity index (χ4n) is 2.38. The van der Waals surface area contributed by atoms with Crippen molar-refractivity contribution in [2.75, 3.05) is 28.6 Å². The topological polar surface area (TPSA) is 44.4 Å². The van der Waals surface area contributed by atoms with Crippen LogP contribution in [0.15, 0.2) is 48.5 Å². The van der Waals surface area contributed by atoms with Gasteiger partial charge in [0.05, 0.1) is 5.56 Å². The Hall–Kier alpha value is -2.70. The first kappa shape index (κ1) is 18.6. The predicted molar refractivity (Wildman–Crippen MR) is 94.1 cm³/mol. The molecule has 2 aromatic carbocycles. The fraction of sp³-hybridized carbons (Fsp3) is 0.278. The first-order valence-corrected chi connectivity index (χ1v) is 7.93. The van der Waals surface area contributed by atoms with Crippen LogP contribution in [-0.4, -0.2) is 19.1 Å². The number of carbonyl (C=O) groups excluding carboxylic acids is 1. The average molecular weight is 351 g/mol. The number of alkyl halides is 3. The summed E-state index contributed by atoms with van der Waals surface area (Å²) in [6, 6.07) is 11.1. The maximum atomic E-state index is 12.5. The highest BCUT2D eigenvalue weighted by Crippen LogP contribution is 2.29. The quantitative estimate of drug-likeness (QED) is 0.778. The zero-order valence-electron chi connectivity index (χ0n) is 14.0. The summed E-state index contributed by atoms with van der Waals surface area (Å²) in [5.41, 5.74) is 1.18. The van der Waals surface area contributed by atoms with Crippen molar-refractivity contribution in [3.8, 4) is 0 Å². The van der Waals surface area contributed by atoms with Crippen LogP contribution in [0.3, 0.4) is 0 Å². The molecule has 7 heteroatoms. The number of halogens is 3. The zero-order valence-corrected chi connectivity index (χ0v) is 14.0. The average Bonchev–Trinajstić information content (AvgIpc) is 2.57. The molecule has 0 saturated carbocycles. The number of hydrogen-bond donors (Lipinski definition) is 2. The summed E-state index contributed by atoms with van der Waals surface area (Å²) >= 11 is 0. The van der Waals surface area contributed by atoms with Crippen molar-refractivity contribution >= 4 is 23.1 Å². The Balaban J connectivity index is 1.96. The summed E-state index contributed by atoms with van der Waals surface area (Å²) in [4.78, 5) is 14.1. The largest absolute Gasteiger partial charge is 0.416 e. The molecule has 0 radical (unpaired) electrons. The molecule has 0 saturated heterocycles. The van der Waals surface area contributed by atoms with E-state index in [1.807, 2.05) is 12.1 Å². The van der Waals surface area contributed by atoms with E-state index < -0.39 is 17.8 Å². The number of carbonyl (C=O) groups is 1. The van der Waals surface area contributed by atoms with E-state index in [1.54, 1.807) is 12.1 Å². The molecule has 0 aliphatic carbocycles. The molecule has 0 aliphatic heterocycles. The molecule has 0 unspecified atom stereocenters. The van der Waals surface area contributed by atoms with Crippen molar-refractivity contribution in [1.29, 1.82) is 0 Å². The monoisotopic (exact) mass is 351 g/mol. The van der Waals surface area contributed by atoms with Gasteiger partial charge < -0.3 is 15.5 Å². The maximum absolute atomic E-state index is 12.5. The fourth-order valence-corrected chi connectivity index (χ4v) is 2.38. The minimum atomic E-state index is -4.40. The molecule has 134 valence electrons. The predicted octanol–water partition coefficient (Wildman–Crippen LogP) is 5.20. The third kappa shape index (κ3) is 5.14. The lowest BCUT2D eigenvalue weighted by Gasteiger charge is -2.21. The normalized spacial score (nSPS) is 11.1. The minimum absolute atomic E-state index is 0.283. The second kappa shape index (κ2) is 7.92. The van der Waals surface area contributed by atoms with Gasteiger partial charge in [-0.15, -0.1) is 0 Å². The third-order valence-electron chi connectivity index (χ3n) is 3.72. The highest BCUT2D eigenvalue weighted by Gasteiger charge is 2.29. The molecule has 2 N–H and O–H groups in total. The molecular weight excluding hydrogens is 331 g/mol. The standard InChI is InChI=1S/C18H20F3N3O/c1-3-24(4-2)16-11-9-15(10-12-16)23-17(25)22-14-7-5-13(6-8-14)18(19,20)21/h5-12H,3-4H2,1-2H3,(H2,22,23,25). The van der Waals surface area contributed by atoms with Crippen molar-refractivity contribution in [2.24, 2.45) is 0 Å². The van der Waals surface area contributed by atoms with Gasteiger partial charge in [-0.25, -0.2) is 4.79 Å². The van der Waals surface area contributed by atoms with Gasteiger partial charge in [0.1, 0.15) is 0 Å². The smallest absolute Gasteiger partial charge is 0.372 e. The number of amides is 2. The van der Waals surface area contributed by atoms with Crippen LogP contribution in [0.1, 0.15) is 19.4 Å². The van der Waals surface area contributed by atoms with E-state index in [9.17, 15) is 18.0 Å². The number of hydrogen-bond acceptors (Lipinski definition) is 2. The Labute approximate surface area is 144 Å². The Kier molecular flexibility index (Phi) is 5.90. The van der Waals surface area contributed by atoms with Crippen molar-refractivity contribution in [2.45, 2.75) is 20.0 Å². The van der Waals surface area contributed by atoms with Gasteiger partial charge >= 0.3 is 12.2 Å². The van der Waals surface area contributed by atoms with E-state index in [2.05, 4.69) is 29.4 Å². The van der Waals surface area contributed by atoms with Gasteiger partial charge in [-0.3, -0.25) is 0 Å². The second-order valence-corrected chi connectivity index (χ2v) is 5.37. The van der Waals surface area contributed by atoms with E-state index >= 15 is 0 Å². The molecule has 4 nitrogen and oxygen atoms in total. The van der Waals surface area contributed by atoms with E-state index in [4.69, 9.17) is 0 Å². The van der Waals surface area contributed by atoms with Crippen LogP contribution >= 0.6 is 0 Å². The van der Waals surface area contributed by atoms with Gasteiger partial charge in [0.25, 0.3) is 0 Å². The number of anilines is 3. The Bertz CT molecular complexity index is 693. The highest BCUT2D eigenvalue weighted by atomic mass is 19.4. The summed E-state index contributed by atoms with van der Waals surface area (Å²) in [6.45, 7) is 5.90. The number of urea groups is 1. The number of benzene rings is 2. The lowest BCUT2D eigenvalue weighted by Crippen LogP contribution is -2.22. The molecule has 2 aromatic rings. The molecule has 2 amide bonds. The number of nitrogens with one attached hydrogen (secondary N) is 2. The van der Waals surface area contributed by atoms with Crippen molar-refractivity contribution in [1.82, 2.24) is 0 Å². The first-order valence-electron chi connectivity index (χ1n) is 7.93. The van der Waals surface area contributed by atoms with E-state index in [1.165, 1.54) is 12.1 Å². The Morgan fingerprint density at radius 3 is 1.72 bits per heavy atom. The third-order valence-corrected chi connectivity index (χ3v) is 3.72. The molecule has 25 heavy (non-hydrogen) atoms. The summed E-state index contributed by atoms with van der Waals surface area (Å²) in [5.74, 6) is 0. The Morgan fingerprint density at radius 1 is 0.880 bits per heavy atom. The number of rotatable bonds is 5. The Morgan fingerprint density at radius 2 is 1.32 bits per heavy atom. The van der Waals surface area contributed by atoms with Crippen LogP contribution in [0.4, 0.5) is 35.0 Å². The highest BCUT2D eigenvalue weighted by molar-refractivity contribution is 5.99. The summed E-state index contributed by atoms with van der Waals surface area (Å²) in [5, 5.41) is 5.15. The first-order chi connectivity index (χ1) is 11.8. The van der Waals surface area contributed by atoms with Gasteiger partial charge in [0.15, 0.2) is 0 Å². The zero-order chi connectivity index (χ0) is 18.4. The van der Waals surface area contributed by atoms with Crippen LogP contribution < -0.4 is 15.5 Å². The molecule has 0 heterocycles. The summed E-state index contributed by atoms with van der Waals surface area (Å²) in [6.07, 6.45) is -4.40. The van der Waals surface area contributed by atoms with Gasteiger partial charge in [0.2, 0.25) is 0 Å². The lowest BCUT2D eigenvalue weighted by atomic mass is 10.2. The van der Waals surface area contributed by atoms with Crippen LogP contribution in [0.25, 0.3) is 0 Å². The summed E-state index contributed by atoms with van der Waals surface area (Å²) < 4.78 is 37.5. The molecule has 0 atom stereocenters. The van der Waals surface area contributed by atoms with Crippen LogP contribution in [0, 0.1) is 0 Å². The minimum Gasteiger partial charge on any atom is -0.372 e.